The minimum atomic E-state index is -0.178. The first-order valence-corrected chi connectivity index (χ1v) is 11.1. The first-order valence-electron chi connectivity index (χ1n) is 11.1. The van der Waals surface area contributed by atoms with E-state index in [2.05, 4.69) is 26.3 Å². The second-order valence-corrected chi connectivity index (χ2v) is 8.62. The molecule has 2 unspecified atom stereocenters. The van der Waals surface area contributed by atoms with Crippen LogP contribution in [0.3, 0.4) is 0 Å². The highest BCUT2D eigenvalue weighted by Gasteiger charge is 2.54. The number of aromatic amines is 1. The van der Waals surface area contributed by atoms with Gasteiger partial charge in [-0.1, -0.05) is 24.3 Å². The number of carbonyl (C=O) groups is 1. The van der Waals surface area contributed by atoms with E-state index in [1.807, 2.05) is 30.3 Å². The maximum absolute atomic E-state index is 12.7. The molecule has 3 aliphatic heterocycles. The number of nitrogens with zero attached hydrogens (tertiary/aromatic N) is 2. The highest BCUT2D eigenvalue weighted by molar-refractivity contribution is 5.78. The van der Waals surface area contributed by atoms with Gasteiger partial charge in [-0.2, -0.15) is 0 Å². The van der Waals surface area contributed by atoms with Gasteiger partial charge in [0.05, 0.1) is 34.8 Å². The molecule has 4 heterocycles. The molecule has 1 amide bonds. The summed E-state index contributed by atoms with van der Waals surface area (Å²) in [6.45, 7) is 0.516. The van der Waals surface area contributed by atoms with Crippen molar-refractivity contribution in [3.63, 3.8) is 0 Å². The molecule has 0 spiro atoms. The van der Waals surface area contributed by atoms with Crippen molar-refractivity contribution in [3.05, 3.63) is 64.7 Å². The molecule has 8 nitrogen and oxygen atoms in total. The van der Waals surface area contributed by atoms with Crippen molar-refractivity contribution in [2.45, 2.75) is 50.0 Å². The average Bonchev–Trinajstić information content (AvgIpc) is 3.21. The third-order valence-corrected chi connectivity index (χ3v) is 6.70. The Bertz CT molecular complexity index is 1240. The summed E-state index contributed by atoms with van der Waals surface area (Å²) in [6, 6.07) is 15.4. The van der Waals surface area contributed by atoms with Crippen LogP contribution in [0.25, 0.3) is 10.9 Å². The van der Waals surface area contributed by atoms with Gasteiger partial charge < -0.3 is 24.7 Å². The zero-order chi connectivity index (χ0) is 21.7. The molecule has 2 aromatic carbocycles. The Balaban J connectivity index is 1.10. The summed E-state index contributed by atoms with van der Waals surface area (Å²) in [5, 5.41) is 3.71. The lowest BCUT2D eigenvalue weighted by atomic mass is 9.79. The Labute approximate surface area is 184 Å². The van der Waals surface area contributed by atoms with Crippen molar-refractivity contribution >= 4 is 22.5 Å². The number of hydrogen-bond donors (Lipinski definition) is 2. The molecule has 1 aliphatic carbocycles. The van der Waals surface area contributed by atoms with Crippen LogP contribution in [0.2, 0.25) is 0 Å². The van der Waals surface area contributed by atoms with Crippen molar-refractivity contribution < 1.29 is 14.3 Å². The van der Waals surface area contributed by atoms with Crippen LogP contribution in [0.4, 0.5) is 5.69 Å². The summed E-state index contributed by atoms with van der Waals surface area (Å²) in [4.78, 5) is 34.5. The summed E-state index contributed by atoms with van der Waals surface area (Å²) in [5.41, 5.74) is 1.56. The Kier molecular flexibility index (Phi) is 4.61. The number of hydrogen-bond acceptors (Lipinski definition) is 6. The number of fused-ring (bicyclic) bond motifs is 4. The molecule has 3 aromatic rings. The van der Waals surface area contributed by atoms with Gasteiger partial charge in [-0.05, 0) is 37.1 Å². The lowest BCUT2D eigenvalue weighted by Gasteiger charge is -2.56. The molecule has 164 valence electrons. The molecule has 1 saturated carbocycles. The standard InChI is InChI=1S/C24H24N4O4/c29-21(12-11-20-25-15-6-2-1-5-14(15)24(30)27-20)26-16-9-10-19-22(23(16)32-19)28-13-31-18-8-4-3-7-17(18)28/h1-8,16,19,22-23H,9-13H2,(H,26,29)(H,25,27,30)/t16?,19-,22?,23-/m0/s1. The molecule has 4 aliphatic rings. The van der Waals surface area contributed by atoms with Gasteiger partial charge in [0.25, 0.3) is 5.56 Å². The molecule has 8 heteroatoms. The molecule has 4 atom stereocenters. The van der Waals surface area contributed by atoms with Crippen LogP contribution in [-0.2, 0) is 16.0 Å². The number of anilines is 1. The molecule has 32 heavy (non-hydrogen) atoms. The fourth-order valence-electron chi connectivity index (χ4n) is 5.13. The molecule has 2 bridgehead atoms. The van der Waals surface area contributed by atoms with Crippen molar-refractivity contribution in [2.75, 3.05) is 11.6 Å². The third kappa shape index (κ3) is 3.22. The molecular formula is C24H24N4O4. The van der Waals surface area contributed by atoms with Gasteiger partial charge in [-0.25, -0.2) is 4.98 Å². The van der Waals surface area contributed by atoms with E-state index in [9.17, 15) is 9.59 Å². The minimum absolute atomic E-state index is 0.0335. The molecule has 1 aromatic heterocycles. The second-order valence-electron chi connectivity index (χ2n) is 8.62. The van der Waals surface area contributed by atoms with Crippen molar-refractivity contribution in [2.24, 2.45) is 0 Å². The van der Waals surface area contributed by atoms with E-state index in [1.165, 1.54) is 0 Å². The largest absolute Gasteiger partial charge is 0.471 e. The van der Waals surface area contributed by atoms with E-state index in [1.54, 1.807) is 12.1 Å². The zero-order valence-corrected chi connectivity index (χ0v) is 17.5. The fourth-order valence-corrected chi connectivity index (χ4v) is 5.13. The van der Waals surface area contributed by atoms with Crippen LogP contribution >= 0.6 is 0 Å². The highest BCUT2D eigenvalue weighted by Crippen LogP contribution is 2.44. The van der Waals surface area contributed by atoms with E-state index in [0.29, 0.717) is 29.9 Å². The summed E-state index contributed by atoms with van der Waals surface area (Å²) < 4.78 is 11.9. The van der Waals surface area contributed by atoms with Crippen molar-refractivity contribution in [3.8, 4) is 5.75 Å². The molecule has 3 fully saturated rings. The van der Waals surface area contributed by atoms with Gasteiger partial charge >= 0.3 is 0 Å². The van der Waals surface area contributed by atoms with Gasteiger partial charge in [0.15, 0.2) is 6.73 Å². The van der Waals surface area contributed by atoms with Crippen LogP contribution in [0.1, 0.15) is 25.1 Å². The number of benzene rings is 2. The first kappa shape index (κ1) is 19.3. The van der Waals surface area contributed by atoms with Gasteiger partial charge in [-0.15, -0.1) is 0 Å². The number of nitrogens with one attached hydrogen (secondary N) is 2. The van der Waals surface area contributed by atoms with Gasteiger partial charge in [-0.3, -0.25) is 9.59 Å². The Morgan fingerprint density at radius 3 is 2.91 bits per heavy atom. The SMILES string of the molecule is O=C(CCc1nc2ccccc2c(=O)[nH]1)NC1CC[C@@H]2O[C@@H]1C2N1COc2ccccc21. The fraction of sp³-hybridized carbons (Fsp3) is 0.375. The van der Waals surface area contributed by atoms with Gasteiger partial charge in [0.2, 0.25) is 5.91 Å². The summed E-state index contributed by atoms with van der Waals surface area (Å²) in [7, 11) is 0. The van der Waals surface area contributed by atoms with E-state index in [4.69, 9.17) is 9.47 Å². The number of H-pyrrole nitrogens is 1. The third-order valence-electron chi connectivity index (χ3n) is 6.70. The predicted molar refractivity (Wildman–Crippen MR) is 119 cm³/mol. The van der Waals surface area contributed by atoms with E-state index >= 15 is 0 Å². The second kappa shape index (κ2) is 7.63. The minimum Gasteiger partial charge on any atom is -0.471 e. The molecular weight excluding hydrogens is 408 g/mol. The Hall–Kier alpha value is -3.39. The van der Waals surface area contributed by atoms with Crippen LogP contribution in [0, 0.1) is 0 Å². The summed E-state index contributed by atoms with van der Waals surface area (Å²) in [5.74, 6) is 1.36. The van der Waals surface area contributed by atoms with Crippen molar-refractivity contribution in [1.29, 1.82) is 0 Å². The number of aryl methyl sites for hydroxylation is 1. The monoisotopic (exact) mass is 432 g/mol. The number of amides is 1. The van der Waals surface area contributed by atoms with E-state index < -0.39 is 0 Å². The van der Waals surface area contributed by atoms with Crippen LogP contribution in [0.15, 0.2) is 53.3 Å². The highest BCUT2D eigenvalue weighted by atomic mass is 16.5. The molecule has 2 saturated heterocycles. The van der Waals surface area contributed by atoms with Gasteiger partial charge in [0.1, 0.15) is 17.7 Å². The number of ether oxygens (including phenoxy) is 2. The van der Waals surface area contributed by atoms with Crippen LogP contribution < -0.4 is 20.5 Å². The van der Waals surface area contributed by atoms with E-state index in [0.717, 1.165) is 24.3 Å². The van der Waals surface area contributed by atoms with Crippen molar-refractivity contribution in [1.82, 2.24) is 15.3 Å². The lowest BCUT2D eigenvalue weighted by molar-refractivity contribution is -0.192. The Morgan fingerprint density at radius 1 is 1.16 bits per heavy atom. The number of aromatic nitrogens is 2. The number of carbonyl (C=O) groups excluding carboxylic acids is 1. The molecule has 0 radical (unpaired) electrons. The number of rotatable bonds is 5. The zero-order valence-electron chi connectivity index (χ0n) is 17.5. The maximum atomic E-state index is 12.7. The number of para-hydroxylation sites is 3. The topological polar surface area (TPSA) is 96.5 Å². The molecule has 7 rings (SSSR count). The Morgan fingerprint density at radius 2 is 2.00 bits per heavy atom. The summed E-state index contributed by atoms with van der Waals surface area (Å²) >= 11 is 0. The van der Waals surface area contributed by atoms with Crippen LogP contribution in [0.5, 0.6) is 5.75 Å². The average molecular weight is 432 g/mol. The maximum Gasteiger partial charge on any atom is 0.258 e. The van der Waals surface area contributed by atoms with E-state index in [-0.39, 0.29) is 42.2 Å². The normalized spacial score (nSPS) is 25.7. The first-order chi connectivity index (χ1) is 15.7. The smallest absolute Gasteiger partial charge is 0.258 e. The van der Waals surface area contributed by atoms with Crippen LogP contribution in [-0.4, -0.2) is 46.9 Å². The molecule has 2 N–H and O–H groups in total. The predicted octanol–water partition coefficient (Wildman–Crippen LogP) is 2.13. The van der Waals surface area contributed by atoms with Gasteiger partial charge in [0, 0.05) is 12.8 Å². The lowest BCUT2D eigenvalue weighted by Crippen LogP contribution is -2.72. The quantitative estimate of drug-likeness (QED) is 0.641. The summed E-state index contributed by atoms with van der Waals surface area (Å²) in [6.07, 6.45) is 2.57.